The van der Waals surface area contributed by atoms with Crippen molar-refractivity contribution in [2.45, 2.75) is 18.9 Å². The van der Waals surface area contributed by atoms with E-state index in [-0.39, 0.29) is 24.2 Å². The summed E-state index contributed by atoms with van der Waals surface area (Å²) in [5, 5.41) is 19.6. The maximum absolute atomic E-state index is 11.8. The number of aliphatic carboxylic acids is 2. The van der Waals surface area contributed by atoms with Crippen LogP contribution in [-0.2, 0) is 9.59 Å². The lowest BCUT2D eigenvalue weighted by atomic mass is 10.1. The van der Waals surface area contributed by atoms with Crippen LogP contribution in [0.1, 0.15) is 23.3 Å². The normalized spacial score (nSPS) is 11.6. The van der Waals surface area contributed by atoms with Gasteiger partial charge in [0.1, 0.15) is 6.04 Å². The van der Waals surface area contributed by atoms with E-state index < -0.39 is 23.9 Å². The number of rotatable bonds is 6. The highest BCUT2D eigenvalue weighted by atomic mass is 16.4. The van der Waals surface area contributed by atoms with Gasteiger partial charge in [-0.3, -0.25) is 9.59 Å². The van der Waals surface area contributed by atoms with Crippen molar-refractivity contribution in [3.63, 3.8) is 0 Å². The number of nitrogens with one attached hydrogen (secondary N) is 1. The number of aromatic nitrogens is 1. The predicted molar refractivity (Wildman–Crippen MR) is 64.4 cm³/mol. The Kier molecular flexibility index (Phi) is 4.81. The van der Waals surface area contributed by atoms with Crippen molar-refractivity contribution < 1.29 is 24.6 Å². The van der Waals surface area contributed by atoms with Crippen molar-refractivity contribution in [1.29, 1.82) is 0 Å². The number of carbonyl (C=O) groups is 3. The minimum Gasteiger partial charge on any atom is -0.481 e. The smallest absolute Gasteiger partial charge is 0.326 e. The molecule has 0 saturated heterocycles. The van der Waals surface area contributed by atoms with Gasteiger partial charge < -0.3 is 21.3 Å². The van der Waals surface area contributed by atoms with E-state index in [1.165, 1.54) is 18.3 Å². The zero-order valence-electron chi connectivity index (χ0n) is 9.87. The van der Waals surface area contributed by atoms with Crippen LogP contribution in [0.15, 0.2) is 18.3 Å². The molecule has 0 bridgehead atoms. The Morgan fingerprint density at radius 3 is 2.58 bits per heavy atom. The average Bonchev–Trinajstić information content (AvgIpc) is 2.34. The Morgan fingerprint density at radius 2 is 2.05 bits per heavy atom. The number of nitrogen functional groups attached to an aromatic ring is 1. The van der Waals surface area contributed by atoms with Gasteiger partial charge in [-0.15, -0.1) is 0 Å². The van der Waals surface area contributed by atoms with Crippen LogP contribution in [0.5, 0.6) is 0 Å². The van der Waals surface area contributed by atoms with E-state index >= 15 is 0 Å². The molecule has 1 aromatic heterocycles. The summed E-state index contributed by atoms with van der Waals surface area (Å²) in [5.74, 6) is -3.21. The number of carbonyl (C=O) groups excluding carboxylic acids is 1. The molecule has 0 unspecified atom stereocenters. The highest BCUT2D eigenvalue weighted by molar-refractivity contribution is 5.99. The Labute approximate surface area is 108 Å². The molecule has 0 fully saturated rings. The highest BCUT2D eigenvalue weighted by Gasteiger charge is 2.22. The van der Waals surface area contributed by atoms with Crippen molar-refractivity contribution in [1.82, 2.24) is 10.3 Å². The minimum atomic E-state index is -1.32. The van der Waals surface area contributed by atoms with Crippen LogP contribution in [0, 0.1) is 0 Å². The molecule has 1 rings (SSSR count). The molecule has 0 aliphatic heterocycles. The molecule has 1 aromatic rings. The summed E-state index contributed by atoms with van der Waals surface area (Å²) in [6.45, 7) is 0. The predicted octanol–water partition coefficient (Wildman–Crippen LogP) is -0.288. The van der Waals surface area contributed by atoms with E-state index in [0.717, 1.165) is 0 Å². The quantitative estimate of drug-likeness (QED) is 0.554. The highest BCUT2D eigenvalue weighted by Crippen LogP contribution is 2.08. The number of nitrogens with zero attached hydrogens (tertiary/aromatic N) is 1. The molecular formula is C11H13N3O5. The third-order valence-corrected chi connectivity index (χ3v) is 2.30. The fourth-order valence-corrected chi connectivity index (χ4v) is 1.36. The van der Waals surface area contributed by atoms with Crippen molar-refractivity contribution in [2.24, 2.45) is 0 Å². The van der Waals surface area contributed by atoms with E-state index in [1.54, 1.807) is 0 Å². The van der Waals surface area contributed by atoms with Crippen LogP contribution in [-0.4, -0.2) is 39.1 Å². The molecule has 0 aromatic carbocycles. The second-order valence-corrected chi connectivity index (χ2v) is 3.74. The van der Waals surface area contributed by atoms with Gasteiger partial charge in [0.05, 0.1) is 5.69 Å². The van der Waals surface area contributed by atoms with Gasteiger partial charge in [-0.2, -0.15) is 0 Å². The number of hydrogen-bond donors (Lipinski definition) is 4. The standard InChI is InChI=1S/C11H13N3O5/c12-6-2-1-5-13-9(6)10(17)14-7(11(18)19)3-4-8(15)16/h1-2,5,7H,3-4,12H2,(H,14,17)(H,15,16)(H,18,19)/t7-/m0/s1. The summed E-state index contributed by atoms with van der Waals surface area (Å²) in [4.78, 5) is 36.8. The summed E-state index contributed by atoms with van der Waals surface area (Å²) in [6.07, 6.45) is 0.760. The lowest BCUT2D eigenvalue weighted by molar-refractivity contribution is -0.140. The van der Waals surface area contributed by atoms with Crippen LogP contribution in [0.3, 0.4) is 0 Å². The van der Waals surface area contributed by atoms with Gasteiger partial charge in [0.15, 0.2) is 5.69 Å². The number of nitrogens with two attached hydrogens (primary N) is 1. The topological polar surface area (TPSA) is 143 Å². The summed E-state index contributed by atoms with van der Waals surface area (Å²) in [6, 6.07) is 1.69. The van der Waals surface area contributed by atoms with Gasteiger partial charge in [0.2, 0.25) is 0 Å². The van der Waals surface area contributed by atoms with E-state index in [4.69, 9.17) is 15.9 Å². The molecule has 102 valence electrons. The van der Waals surface area contributed by atoms with Crippen molar-refractivity contribution in [2.75, 3.05) is 5.73 Å². The van der Waals surface area contributed by atoms with E-state index in [9.17, 15) is 14.4 Å². The minimum absolute atomic E-state index is 0.0934. The first-order valence-electron chi connectivity index (χ1n) is 5.37. The molecule has 0 spiro atoms. The second-order valence-electron chi connectivity index (χ2n) is 3.74. The fraction of sp³-hybridized carbons (Fsp3) is 0.273. The lowest BCUT2D eigenvalue weighted by Crippen LogP contribution is -2.41. The summed E-state index contributed by atoms with van der Waals surface area (Å²) < 4.78 is 0. The Hall–Kier alpha value is -2.64. The van der Waals surface area contributed by atoms with Crippen LogP contribution in [0.25, 0.3) is 0 Å². The van der Waals surface area contributed by atoms with Crippen molar-refractivity contribution in [3.8, 4) is 0 Å². The van der Waals surface area contributed by atoms with Gasteiger partial charge in [-0.25, -0.2) is 9.78 Å². The van der Waals surface area contributed by atoms with Crippen LogP contribution >= 0.6 is 0 Å². The molecule has 5 N–H and O–H groups in total. The first kappa shape index (κ1) is 14.4. The van der Waals surface area contributed by atoms with E-state index in [2.05, 4.69) is 10.3 Å². The van der Waals surface area contributed by atoms with Gasteiger partial charge >= 0.3 is 11.9 Å². The molecule has 0 aliphatic carbocycles. The zero-order chi connectivity index (χ0) is 14.4. The summed E-state index contributed by atoms with van der Waals surface area (Å²) >= 11 is 0. The number of pyridine rings is 1. The van der Waals surface area contributed by atoms with Gasteiger partial charge in [0.25, 0.3) is 5.91 Å². The molecule has 8 heteroatoms. The summed E-state index contributed by atoms with van der Waals surface area (Å²) in [7, 11) is 0. The first-order valence-corrected chi connectivity index (χ1v) is 5.37. The molecule has 1 atom stereocenters. The van der Waals surface area contributed by atoms with Crippen molar-refractivity contribution >= 4 is 23.5 Å². The molecule has 0 saturated carbocycles. The maximum atomic E-state index is 11.8. The largest absolute Gasteiger partial charge is 0.481 e. The number of carboxylic acid groups (broad SMARTS) is 2. The Morgan fingerprint density at radius 1 is 1.37 bits per heavy atom. The molecule has 1 heterocycles. The number of amides is 1. The Balaban J connectivity index is 2.74. The van der Waals surface area contributed by atoms with Gasteiger partial charge in [0, 0.05) is 12.6 Å². The third kappa shape index (κ3) is 4.26. The zero-order valence-corrected chi connectivity index (χ0v) is 9.87. The summed E-state index contributed by atoms with van der Waals surface area (Å²) in [5.41, 5.74) is 5.55. The average molecular weight is 267 g/mol. The van der Waals surface area contributed by atoms with E-state index in [0.29, 0.717) is 0 Å². The number of hydrogen-bond acceptors (Lipinski definition) is 5. The number of carboxylic acids is 2. The monoisotopic (exact) mass is 267 g/mol. The third-order valence-electron chi connectivity index (χ3n) is 2.30. The Bertz CT molecular complexity index is 503. The molecular weight excluding hydrogens is 254 g/mol. The van der Waals surface area contributed by atoms with Crippen LogP contribution in [0.4, 0.5) is 5.69 Å². The van der Waals surface area contributed by atoms with Gasteiger partial charge in [-0.05, 0) is 18.6 Å². The molecule has 0 radical (unpaired) electrons. The SMILES string of the molecule is Nc1cccnc1C(=O)N[C@@H](CCC(=O)O)C(=O)O. The van der Waals surface area contributed by atoms with Crippen LogP contribution in [0.2, 0.25) is 0 Å². The van der Waals surface area contributed by atoms with Crippen molar-refractivity contribution in [3.05, 3.63) is 24.0 Å². The lowest BCUT2D eigenvalue weighted by Gasteiger charge is -2.13. The first-order chi connectivity index (χ1) is 8.91. The van der Waals surface area contributed by atoms with E-state index in [1.807, 2.05) is 0 Å². The molecule has 19 heavy (non-hydrogen) atoms. The second kappa shape index (κ2) is 6.34. The molecule has 8 nitrogen and oxygen atoms in total. The fourth-order valence-electron chi connectivity index (χ4n) is 1.36. The van der Waals surface area contributed by atoms with Gasteiger partial charge in [-0.1, -0.05) is 0 Å². The molecule has 1 amide bonds. The molecule has 0 aliphatic rings. The van der Waals surface area contributed by atoms with Crippen LogP contribution < -0.4 is 11.1 Å². The maximum Gasteiger partial charge on any atom is 0.326 e. The number of anilines is 1.